The number of nitrogens with one attached hydrogen (secondary N) is 2. The van der Waals surface area contributed by atoms with Crippen LogP contribution in [-0.2, 0) is 14.4 Å². The quantitative estimate of drug-likeness (QED) is 0.414. The molecule has 0 aromatic carbocycles. The minimum atomic E-state index is -1.48. The topological polar surface area (TPSA) is 116 Å². The number of rotatable bonds is 6. The Morgan fingerprint density at radius 3 is 2.33 bits per heavy atom. The average molecular weight is 218 g/mol. The minimum absolute atomic E-state index is 0.0475. The van der Waals surface area contributed by atoms with E-state index in [2.05, 4.69) is 10.6 Å². The molecule has 0 radical (unpaired) electrons. The zero-order valence-electron chi connectivity index (χ0n) is 8.32. The van der Waals surface area contributed by atoms with Gasteiger partial charge in [0.15, 0.2) is 6.10 Å². The first-order valence-corrected chi connectivity index (χ1v) is 4.35. The number of carboxylic acid groups (broad SMARTS) is 1. The summed E-state index contributed by atoms with van der Waals surface area (Å²) < 4.78 is 0. The number of carbonyl (C=O) groups is 3. The van der Waals surface area contributed by atoms with Gasteiger partial charge in [0.1, 0.15) is 0 Å². The first-order chi connectivity index (χ1) is 6.93. The summed E-state index contributed by atoms with van der Waals surface area (Å²) in [5.74, 6) is -2.08. The van der Waals surface area contributed by atoms with Crippen molar-refractivity contribution < 1.29 is 24.6 Å². The molecule has 86 valence electrons. The van der Waals surface area contributed by atoms with Crippen LogP contribution in [0, 0.1) is 0 Å². The lowest BCUT2D eigenvalue weighted by Crippen LogP contribution is -2.37. The molecule has 0 saturated carbocycles. The van der Waals surface area contributed by atoms with Crippen LogP contribution >= 0.6 is 0 Å². The van der Waals surface area contributed by atoms with Gasteiger partial charge in [-0.25, -0.2) is 4.79 Å². The molecule has 0 rings (SSSR count). The van der Waals surface area contributed by atoms with Crippen LogP contribution in [0.1, 0.15) is 13.3 Å². The molecule has 0 aliphatic heterocycles. The summed E-state index contributed by atoms with van der Waals surface area (Å²) in [7, 11) is 0. The summed E-state index contributed by atoms with van der Waals surface area (Å²) in [6.45, 7) is 1.17. The fourth-order valence-corrected chi connectivity index (χ4v) is 0.739. The number of amides is 2. The first-order valence-electron chi connectivity index (χ1n) is 4.35. The van der Waals surface area contributed by atoms with Crippen LogP contribution in [0.2, 0.25) is 0 Å². The Hall–Kier alpha value is -1.63. The van der Waals surface area contributed by atoms with Crippen LogP contribution in [0.3, 0.4) is 0 Å². The molecule has 0 bridgehead atoms. The highest BCUT2D eigenvalue weighted by atomic mass is 16.4. The predicted molar refractivity (Wildman–Crippen MR) is 50.0 cm³/mol. The molecule has 7 nitrogen and oxygen atoms in total. The van der Waals surface area contributed by atoms with Crippen LogP contribution in [0.5, 0.6) is 0 Å². The lowest BCUT2D eigenvalue weighted by Gasteiger charge is -2.07. The molecular weight excluding hydrogens is 204 g/mol. The summed E-state index contributed by atoms with van der Waals surface area (Å²) in [4.78, 5) is 31.5. The van der Waals surface area contributed by atoms with Crippen molar-refractivity contribution in [1.29, 1.82) is 0 Å². The Bertz CT molecular complexity index is 253. The van der Waals surface area contributed by atoms with Gasteiger partial charge in [0.2, 0.25) is 11.8 Å². The number of aliphatic hydroxyl groups excluding tert-OH is 1. The van der Waals surface area contributed by atoms with Crippen LogP contribution in [0.15, 0.2) is 0 Å². The van der Waals surface area contributed by atoms with Crippen LogP contribution < -0.4 is 10.6 Å². The lowest BCUT2D eigenvalue weighted by molar-refractivity contribution is -0.147. The van der Waals surface area contributed by atoms with Crippen molar-refractivity contribution in [3.05, 3.63) is 0 Å². The van der Waals surface area contributed by atoms with E-state index in [4.69, 9.17) is 10.2 Å². The second-order valence-electron chi connectivity index (χ2n) is 2.90. The van der Waals surface area contributed by atoms with Gasteiger partial charge in [-0.3, -0.25) is 9.59 Å². The highest BCUT2D eigenvalue weighted by Gasteiger charge is 2.12. The van der Waals surface area contributed by atoms with Crippen molar-refractivity contribution >= 4 is 17.8 Å². The largest absolute Gasteiger partial charge is 0.479 e. The van der Waals surface area contributed by atoms with Crippen molar-refractivity contribution in [3.8, 4) is 0 Å². The van der Waals surface area contributed by atoms with Gasteiger partial charge < -0.3 is 20.8 Å². The summed E-state index contributed by atoms with van der Waals surface area (Å²) >= 11 is 0. The maximum Gasteiger partial charge on any atom is 0.332 e. The summed E-state index contributed by atoms with van der Waals surface area (Å²) in [5, 5.41) is 21.8. The molecular formula is C8H14N2O5. The third kappa shape index (κ3) is 7.44. The van der Waals surface area contributed by atoms with Crippen molar-refractivity contribution in [3.63, 3.8) is 0 Å². The molecule has 1 atom stereocenters. The molecule has 0 aromatic heterocycles. The van der Waals surface area contributed by atoms with E-state index in [9.17, 15) is 14.4 Å². The van der Waals surface area contributed by atoms with Gasteiger partial charge in [-0.05, 0) is 0 Å². The molecule has 0 aliphatic carbocycles. The zero-order valence-corrected chi connectivity index (χ0v) is 8.32. The highest BCUT2D eigenvalue weighted by molar-refractivity contribution is 5.83. The number of hydrogen-bond acceptors (Lipinski definition) is 4. The predicted octanol–water partition coefficient (Wildman–Crippen LogP) is -1.93. The monoisotopic (exact) mass is 218 g/mol. The molecule has 0 fully saturated rings. The number of carboxylic acids is 1. The number of aliphatic carboxylic acids is 1. The molecule has 0 spiro atoms. The van der Waals surface area contributed by atoms with Crippen LogP contribution in [-0.4, -0.2) is 47.2 Å². The smallest absolute Gasteiger partial charge is 0.332 e. The lowest BCUT2D eigenvalue weighted by atomic mass is 10.2. The van der Waals surface area contributed by atoms with E-state index in [0.717, 1.165) is 0 Å². The van der Waals surface area contributed by atoms with E-state index >= 15 is 0 Å². The second kappa shape index (κ2) is 6.77. The molecule has 2 amide bonds. The minimum Gasteiger partial charge on any atom is -0.479 e. The number of aliphatic hydroxyl groups is 1. The van der Waals surface area contributed by atoms with Gasteiger partial charge >= 0.3 is 5.97 Å². The third-order valence-corrected chi connectivity index (χ3v) is 1.52. The molecule has 15 heavy (non-hydrogen) atoms. The average Bonchev–Trinajstić information content (AvgIpc) is 2.14. The SMILES string of the molecule is CC(=O)NCC(=O)NCCC(O)C(=O)O. The molecule has 4 N–H and O–H groups in total. The fourth-order valence-electron chi connectivity index (χ4n) is 0.739. The van der Waals surface area contributed by atoms with Crippen molar-refractivity contribution in [2.75, 3.05) is 13.1 Å². The Kier molecular flexibility index (Phi) is 6.03. The van der Waals surface area contributed by atoms with Gasteiger partial charge in [-0.2, -0.15) is 0 Å². The maximum absolute atomic E-state index is 10.9. The van der Waals surface area contributed by atoms with E-state index in [-0.39, 0.29) is 25.4 Å². The van der Waals surface area contributed by atoms with Gasteiger partial charge in [-0.1, -0.05) is 0 Å². The summed E-state index contributed by atoms with van der Waals surface area (Å²) in [6, 6.07) is 0. The van der Waals surface area contributed by atoms with E-state index in [1.807, 2.05) is 0 Å². The van der Waals surface area contributed by atoms with Gasteiger partial charge in [0.05, 0.1) is 6.54 Å². The molecule has 0 saturated heterocycles. The van der Waals surface area contributed by atoms with Crippen LogP contribution in [0.4, 0.5) is 0 Å². The molecule has 0 aromatic rings. The Labute approximate surface area is 86.5 Å². The van der Waals surface area contributed by atoms with E-state index in [1.165, 1.54) is 6.92 Å². The zero-order chi connectivity index (χ0) is 11.8. The first kappa shape index (κ1) is 13.4. The third-order valence-electron chi connectivity index (χ3n) is 1.52. The van der Waals surface area contributed by atoms with Crippen molar-refractivity contribution in [2.45, 2.75) is 19.4 Å². The Morgan fingerprint density at radius 2 is 1.87 bits per heavy atom. The highest BCUT2D eigenvalue weighted by Crippen LogP contribution is 1.88. The fraction of sp³-hybridized carbons (Fsp3) is 0.625. The maximum atomic E-state index is 10.9. The van der Waals surface area contributed by atoms with Crippen molar-refractivity contribution in [2.24, 2.45) is 0 Å². The Balaban J connectivity index is 3.55. The second-order valence-corrected chi connectivity index (χ2v) is 2.90. The van der Waals surface area contributed by atoms with Gasteiger partial charge in [0, 0.05) is 19.9 Å². The van der Waals surface area contributed by atoms with E-state index < -0.39 is 18.0 Å². The van der Waals surface area contributed by atoms with Gasteiger partial charge in [-0.15, -0.1) is 0 Å². The van der Waals surface area contributed by atoms with E-state index in [1.54, 1.807) is 0 Å². The number of carbonyl (C=O) groups excluding carboxylic acids is 2. The number of hydrogen-bond donors (Lipinski definition) is 4. The molecule has 1 unspecified atom stereocenters. The van der Waals surface area contributed by atoms with Gasteiger partial charge in [0.25, 0.3) is 0 Å². The summed E-state index contributed by atoms with van der Waals surface area (Å²) in [6.07, 6.45) is -1.55. The molecule has 0 heterocycles. The molecule has 7 heteroatoms. The standard InChI is InChI=1S/C8H14N2O5/c1-5(11)10-4-7(13)9-3-2-6(12)8(14)15/h6,12H,2-4H2,1H3,(H,9,13)(H,10,11)(H,14,15). The van der Waals surface area contributed by atoms with Crippen molar-refractivity contribution in [1.82, 2.24) is 10.6 Å². The summed E-state index contributed by atoms with van der Waals surface area (Å²) in [5.41, 5.74) is 0. The van der Waals surface area contributed by atoms with E-state index in [0.29, 0.717) is 0 Å². The Morgan fingerprint density at radius 1 is 1.27 bits per heavy atom. The normalized spacial score (nSPS) is 11.6. The van der Waals surface area contributed by atoms with Crippen LogP contribution in [0.25, 0.3) is 0 Å². The molecule has 0 aliphatic rings.